The van der Waals surface area contributed by atoms with Crippen molar-refractivity contribution in [2.75, 3.05) is 0 Å². The predicted molar refractivity (Wildman–Crippen MR) is 69.6 cm³/mol. The van der Waals surface area contributed by atoms with Gasteiger partial charge in [-0.25, -0.2) is 4.83 Å². The van der Waals surface area contributed by atoms with Crippen molar-refractivity contribution < 1.29 is 8.42 Å². The van der Waals surface area contributed by atoms with Gasteiger partial charge in [0.1, 0.15) is 0 Å². The third kappa shape index (κ3) is 1.95. The van der Waals surface area contributed by atoms with Crippen LogP contribution in [0.4, 0.5) is 0 Å². The fourth-order valence-electron chi connectivity index (χ4n) is 2.43. The highest BCUT2D eigenvalue weighted by Crippen LogP contribution is 2.40. The van der Waals surface area contributed by atoms with Crippen LogP contribution < -0.4 is 4.83 Å². The number of rotatable bonds is 3. The Morgan fingerprint density at radius 3 is 2.72 bits per heavy atom. The van der Waals surface area contributed by atoms with Gasteiger partial charge in [-0.1, -0.05) is 30.4 Å². The SMILES string of the molecule is O=S(=O)(N/N=C1\C[C@@H]2C=CC[C@H]12)c1ccccc1. The Morgan fingerprint density at radius 1 is 1.22 bits per heavy atom. The molecule has 0 amide bonds. The molecule has 2 aliphatic rings. The summed E-state index contributed by atoms with van der Waals surface area (Å²) in [5.74, 6) is 0.994. The van der Waals surface area contributed by atoms with Crippen LogP contribution in [0.15, 0.2) is 52.5 Å². The third-order valence-electron chi connectivity index (χ3n) is 3.53. The molecule has 1 saturated carbocycles. The Morgan fingerprint density at radius 2 is 2.00 bits per heavy atom. The molecular weight excluding hydrogens is 248 g/mol. The lowest BCUT2D eigenvalue weighted by Gasteiger charge is -2.31. The van der Waals surface area contributed by atoms with E-state index in [4.69, 9.17) is 0 Å². The molecule has 0 unspecified atom stereocenters. The maximum absolute atomic E-state index is 11.9. The van der Waals surface area contributed by atoms with Crippen LogP contribution in [0, 0.1) is 11.8 Å². The van der Waals surface area contributed by atoms with Crippen LogP contribution in [0.5, 0.6) is 0 Å². The van der Waals surface area contributed by atoms with Crippen LogP contribution >= 0.6 is 0 Å². The maximum Gasteiger partial charge on any atom is 0.276 e. The van der Waals surface area contributed by atoms with Crippen molar-refractivity contribution in [2.24, 2.45) is 16.9 Å². The summed E-state index contributed by atoms with van der Waals surface area (Å²) in [6, 6.07) is 8.29. The van der Waals surface area contributed by atoms with Gasteiger partial charge >= 0.3 is 0 Å². The van der Waals surface area contributed by atoms with Gasteiger partial charge in [0.25, 0.3) is 10.0 Å². The quantitative estimate of drug-likeness (QED) is 0.668. The largest absolute Gasteiger partial charge is 0.276 e. The van der Waals surface area contributed by atoms with Crippen LogP contribution in [0.1, 0.15) is 12.8 Å². The van der Waals surface area contributed by atoms with Crippen LogP contribution in [0.2, 0.25) is 0 Å². The fraction of sp³-hybridized carbons (Fsp3) is 0.308. The maximum atomic E-state index is 11.9. The van der Waals surface area contributed by atoms with Gasteiger partial charge in [-0.05, 0) is 30.9 Å². The third-order valence-corrected chi connectivity index (χ3v) is 4.75. The molecule has 1 aromatic rings. The van der Waals surface area contributed by atoms with E-state index in [2.05, 4.69) is 22.1 Å². The molecule has 2 atom stereocenters. The molecule has 94 valence electrons. The van der Waals surface area contributed by atoms with E-state index >= 15 is 0 Å². The molecule has 0 aromatic heterocycles. The van der Waals surface area contributed by atoms with Crippen LogP contribution in [-0.4, -0.2) is 14.1 Å². The number of nitrogens with one attached hydrogen (secondary N) is 1. The van der Waals surface area contributed by atoms with Crippen molar-refractivity contribution in [1.29, 1.82) is 0 Å². The molecule has 4 nitrogen and oxygen atoms in total. The van der Waals surface area contributed by atoms with E-state index < -0.39 is 10.0 Å². The zero-order valence-corrected chi connectivity index (χ0v) is 10.6. The molecule has 0 heterocycles. The highest BCUT2D eigenvalue weighted by atomic mass is 32.2. The van der Waals surface area contributed by atoms with Gasteiger partial charge in [0.05, 0.1) is 4.90 Å². The summed E-state index contributed by atoms with van der Waals surface area (Å²) in [5, 5.41) is 4.06. The minimum absolute atomic E-state index is 0.245. The molecule has 1 aromatic carbocycles. The first-order valence-electron chi connectivity index (χ1n) is 5.97. The molecule has 0 saturated heterocycles. The average molecular weight is 262 g/mol. The van der Waals surface area contributed by atoms with E-state index in [-0.39, 0.29) is 4.90 Å². The van der Waals surface area contributed by atoms with E-state index in [1.165, 1.54) is 0 Å². The van der Waals surface area contributed by atoms with Crippen molar-refractivity contribution in [3.63, 3.8) is 0 Å². The molecule has 18 heavy (non-hydrogen) atoms. The van der Waals surface area contributed by atoms with Gasteiger partial charge in [0.2, 0.25) is 0 Å². The second-order valence-corrected chi connectivity index (χ2v) is 6.31. The van der Waals surface area contributed by atoms with Gasteiger partial charge in [-0.3, -0.25) is 0 Å². The molecule has 0 bridgehead atoms. The van der Waals surface area contributed by atoms with Crippen LogP contribution in [-0.2, 0) is 10.0 Å². The van der Waals surface area contributed by atoms with E-state index in [0.717, 1.165) is 18.6 Å². The van der Waals surface area contributed by atoms with Crippen molar-refractivity contribution in [1.82, 2.24) is 4.83 Å². The van der Waals surface area contributed by atoms with Gasteiger partial charge in [-0.2, -0.15) is 13.5 Å². The van der Waals surface area contributed by atoms with Crippen molar-refractivity contribution in [3.05, 3.63) is 42.5 Å². The normalized spacial score (nSPS) is 27.9. The van der Waals surface area contributed by atoms with Crippen molar-refractivity contribution in [2.45, 2.75) is 17.7 Å². The number of hydrazone groups is 1. The lowest BCUT2D eigenvalue weighted by molar-refractivity contribution is 0.463. The smallest absolute Gasteiger partial charge is 0.200 e. The second-order valence-electron chi connectivity index (χ2n) is 4.65. The summed E-state index contributed by atoms with van der Waals surface area (Å²) in [6.45, 7) is 0. The number of hydrogen-bond donors (Lipinski definition) is 1. The summed E-state index contributed by atoms with van der Waals surface area (Å²) in [6.07, 6.45) is 6.19. The van der Waals surface area contributed by atoms with Gasteiger partial charge in [0, 0.05) is 11.6 Å². The van der Waals surface area contributed by atoms with E-state index in [9.17, 15) is 8.42 Å². The lowest BCUT2D eigenvalue weighted by atomic mass is 9.74. The van der Waals surface area contributed by atoms with Gasteiger partial charge in [-0.15, -0.1) is 0 Å². The Hall–Kier alpha value is -1.62. The molecular formula is C13H14N2O2S. The summed E-state index contributed by atoms with van der Waals surface area (Å²) >= 11 is 0. The summed E-state index contributed by atoms with van der Waals surface area (Å²) < 4.78 is 23.9. The zero-order chi connectivity index (χ0) is 12.6. The number of sulfonamides is 1. The van der Waals surface area contributed by atoms with Gasteiger partial charge in [0.15, 0.2) is 0 Å². The minimum atomic E-state index is -3.52. The van der Waals surface area contributed by atoms with Gasteiger partial charge < -0.3 is 0 Å². The van der Waals surface area contributed by atoms with Crippen LogP contribution in [0.3, 0.4) is 0 Å². The monoisotopic (exact) mass is 262 g/mol. The fourth-order valence-corrected chi connectivity index (χ4v) is 3.29. The van der Waals surface area contributed by atoms with Crippen LogP contribution in [0.25, 0.3) is 0 Å². The first-order chi connectivity index (χ1) is 8.67. The summed E-state index contributed by atoms with van der Waals surface area (Å²) in [7, 11) is -3.52. The Balaban J connectivity index is 1.72. The molecule has 2 aliphatic carbocycles. The number of nitrogens with zero attached hydrogens (tertiary/aromatic N) is 1. The predicted octanol–water partition coefficient (Wildman–Crippen LogP) is 1.92. The highest BCUT2D eigenvalue weighted by molar-refractivity contribution is 7.89. The highest BCUT2D eigenvalue weighted by Gasteiger charge is 2.38. The topological polar surface area (TPSA) is 58.5 Å². The van der Waals surface area contributed by atoms with E-state index in [1.54, 1.807) is 30.3 Å². The molecule has 0 radical (unpaired) electrons. The van der Waals surface area contributed by atoms with E-state index in [0.29, 0.717) is 11.8 Å². The summed E-state index contributed by atoms with van der Waals surface area (Å²) in [5.41, 5.74) is 0.963. The number of benzene rings is 1. The Bertz CT molecular complexity index is 605. The average Bonchev–Trinajstić information content (AvgIpc) is 2.72. The molecule has 5 heteroatoms. The van der Waals surface area contributed by atoms with Crippen molar-refractivity contribution >= 4 is 15.7 Å². The number of fused-ring (bicyclic) bond motifs is 1. The minimum Gasteiger partial charge on any atom is -0.200 e. The molecule has 0 spiro atoms. The lowest BCUT2D eigenvalue weighted by Crippen LogP contribution is -2.35. The zero-order valence-electron chi connectivity index (χ0n) is 9.78. The second kappa shape index (κ2) is 4.24. The van der Waals surface area contributed by atoms with E-state index in [1.807, 2.05) is 0 Å². The van der Waals surface area contributed by atoms with Crippen molar-refractivity contribution in [3.8, 4) is 0 Å². The molecule has 0 aliphatic heterocycles. The Kier molecular flexibility index (Phi) is 2.70. The summed E-state index contributed by atoms with van der Waals surface area (Å²) in [4.78, 5) is 2.57. The number of hydrogen-bond acceptors (Lipinski definition) is 3. The number of allylic oxidation sites excluding steroid dienone is 2. The molecule has 1 N–H and O–H groups in total. The molecule has 1 fully saturated rings. The standard InChI is InChI=1S/C13H14N2O2S/c16-18(17,11-6-2-1-3-7-11)15-14-13-9-10-5-4-8-12(10)13/h1-7,10,12,15H,8-9H2/b14-13+/t10-,12-/m0/s1. The molecule has 3 rings (SSSR count). The first-order valence-corrected chi connectivity index (χ1v) is 7.45. The Labute approximate surface area is 106 Å². The first kappa shape index (κ1) is 11.5.